The molecule has 0 radical (unpaired) electrons. The van der Waals surface area contributed by atoms with Crippen LogP contribution in [0.1, 0.15) is 37.8 Å². The van der Waals surface area contributed by atoms with E-state index in [-0.39, 0.29) is 5.91 Å². The fourth-order valence-electron chi connectivity index (χ4n) is 3.29. The summed E-state index contributed by atoms with van der Waals surface area (Å²) >= 11 is 0. The maximum atomic E-state index is 12.0. The first-order chi connectivity index (χ1) is 11.5. The van der Waals surface area contributed by atoms with Gasteiger partial charge in [0.1, 0.15) is 0 Å². The Bertz CT molecular complexity index is 697. The zero-order valence-electron chi connectivity index (χ0n) is 14.1. The first-order valence-electron chi connectivity index (χ1n) is 8.51. The third-order valence-electron chi connectivity index (χ3n) is 4.48. The number of anilines is 2. The first-order valence-corrected chi connectivity index (χ1v) is 8.51. The molecule has 1 aromatic rings. The van der Waals surface area contributed by atoms with Gasteiger partial charge in [0, 0.05) is 18.8 Å². The maximum Gasteiger partial charge on any atom is 0.313 e. The molecule has 0 saturated carbocycles. The molecule has 6 nitrogen and oxygen atoms in total. The highest BCUT2D eigenvalue weighted by molar-refractivity contribution is 6.39. The Labute approximate surface area is 141 Å². The van der Waals surface area contributed by atoms with Crippen LogP contribution in [0.5, 0.6) is 0 Å². The van der Waals surface area contributed by atoms with Gasteiger partial charge in [-0.25, -0.2) is 0 Å². The van der Waals surface area contributed by atoms with Crippen molar-refractivity contribution in [3.05, 3.63) is 23.3 Å². The van der Waals surface area contributed by atoms with Crippen LogP contribution >= 0.6 is 0 Å². The zero-order valence-corrected chi connectivity index (χ0v) is 14.1. The summed E-state index contributed by atoms with van der Waals surface area (Å²) in [5.41, 5.74) is 3.60. The van der Waals surface area contributed by atoms with E-state index in [1.165, 1.54) is 0 Å². The molecular weight excluding hydrogens is 306 g/mol. The summed E-state index contributed by atoms with van der Waals surface area (Å²) < 4.78 is 0. The highest BCUT2D eigenvalue weighted by Gasteiger charge is 2.32. The summed E-state index contributed by atoms with van der Waals surface area (Å²) in [5.74, 6) is -0.704. The third-order valence-corrected chi connectivity index (χ3v) is 4.48. The largest absolute Gasteiger partial charge is 0.348 e. The number of nitrogens with one attached hydrogen (secondary N) is 2. The Kier molecular flexibility index (Phi) is 4.55. The van der Waals surface area contributed by atoms with Crippen LogP contribution in [0.4, 0.5) is 11.4 Å². The topological polar surface area (TPSA) is 78.5 Å². The molecule has 1 aromatic carbocycles. The van der Waals surface area contributed by atoms with E-state index in [4.69, 9.17) is 0 Å². The van der Waals surface area contributed by atoms with Gasteiger partial charge in [0.2, 0.25) is 5.91 Å². The van der Waals surface area contributed by atoms with Gasteiger partial charge in [0.05, 0.1) is 12.1 Å². The van der Waals surface area contributed by atoms with Gasteiger partial charge in [-0.05, 0) is 48.4 Å². The molecule has 6 heteroatoms. The van der Waals surface area contributed by atoms with E-state index < -0.39 is 11.8 Å². The average molecular weight is 329 g/mol. The Morgan fingerprint density at radius 3 is 2.71 bits per heavy atom. The molecule has 24 heavy (non-hydrogen) atoms. The second kappa shape index (κ2) is 6.63. The van der Waals surface area contributed by atoms with Crippen molar-refractivity contribution in [2.45, 2.75) is 39.5 Å². The van der Waals surface area contributed by atoms with Crippen molar-refractivity contribution in [1.29, 1.82) is 0 Å². The molecule has 0 saturated heterocycles. The van der Waals surface area contributed by atoms with Gasteiger partial charge >= 0.3 is 11.8 Å². The van der Waals surface area contributed by atoms with Gasteiger partial charge in [-0.1, -0.05) is 13.8 Å². The maximum absolute atomic E-state index is 12.0. The van der Waals surface area contributed by atoms with E-state index >= 15 is 0 Å². The average Bonchev–Trinajstić information content (AvgIpc) is 2.84. The molecule has 0 spiro atoms. The van der Waals surface area contributed by atoms with Crippen molar-refractivity contribution in [3.8, 4) is 0 Å². The lowest BCUT2D eigenvalue weighted by Crippen LogP contribution is -2.36. The van der Waals surface area contributed by atoms with Crippen LogP contribution in [-0.2, 0) is 27.2 Å². The Morgan fingerprint density at radius 1 is 1.21 bits per heavy atom. The number of carbonyl (C=O) groups is 3. The van der Waals surface area contributed by atoms with Crippen molar-refractivity contribution in [2.24, 2.45) is 5.92 Å². The molecule has 0 unspecified atom stereocenters. The molecule has 2 heterocycles. The number of amides is 3. The number of hydrogen-bond donors (Lipinski definition) is 2. The van der Waals surface area contributed by atoms with Gasteiger partial charge in [-0.2, -0.15) is 0 Å². The molecule has 0 aromatic heterocycles. The third kappa shape index (κ3) is 3.27. The number of nitrogens with zero attached hydrogens (tertiary/aromatic N) is 1. The van der Waals surface area contributed by atoms with Gasteiger partial charge < -0.3 is 15.5 Å². The number of rotatable bonds is 4. The lowest BCUT2D eigenvalue weighted by atomic mass is 9.99. The Hall–Kier alpha value is -2.37. The molecule has 2 aliphatic heterocycles. The van der Waals surface area contributed by atoms with Crippen LogP contribution in [0.3, 0.4) is 0 Å². The van der Waals surface area contributed by atoms with Crippen molar-refractivity contribution >= 4 is 29.1 Å². The zero-order chi connectivity index (χ0) is 17.3. The number of aryl methyl sites for hydroxylation is 1. The van der Waals surface area contributed by atoms with Crippen molar-refractivity contribution in [1.82, 2.24) is 5.32 Å². The fraction of sp³-hybridized carbons (Fsp3) is 0.500. The number of carbonyl (C=O) groups excluding carboxylic acids is 3. The molecule has 0 atom stereocenters. The fourth-order valence-corrected chi connectivity index (χ4v) is 3.29. The highest BCUT2D eigenvalue weighted by Crippen LogP contribution is 2.38. The monoisotopic (exact) mass is 329 g/mol. The minimum absolute atomic E-state index is 0.112. The molecule has 2 N–H and O–H groups in total. The Morgan fingerprint density at radius 2 is 1.96 bits per heavy atom. The number of hydrogen-bond acceptors (Lipinski definition) is 3. The van der Waals surface area contributed by atoms with Crippen molar-refractivity contribution in [3.63, 3.8) is 0 Å². The summed E-state index contributed by atoms with van der Waals surface area (Å²) in [6.45, 7) is 5.38. The predicted molar refractivity (Wildman–Crippen MR) is 91.9 cm³/mol. The van der Waals surface area contributed by atoms with Crippen LogP contribution in [0, 0.1) is 5.92 Å². The number of benzene rings is 1. The molecule has 3 amide bonds. The van der Waals surface area contributed by atoms with E-state index in [9.17, 15) is 14.4 Å². The van der Waals surface area contributed by atoms with Crippen LogP contribution in [-0.4, -0.2) is 30.8 Å². The summed E-state index contributed by atoms with van der Waals surface area (Å²) in [4.78, 5) is 37.7. The van der Waals surface area contributed by atoms with Crippen LogP contribution in [0.2, 0.25) is 0 Å². The molecule has 2 aliphatic rings. The second-order valence-electron chi connectivity index (χ2n) is 6.86. The molecular formula is C18H23N3O3. The standard InChI is InChI=1S/C18H23N3O3/c1-11(2)5-6-19-17(23)18(24)20-14-8-12-4-3-7-21-15(22)10-13(9-14)16(12)21/h8-9,11H,3-7,10H2,1-2H3,(H,19,23)(H,20,24). The van der Waals surface area contributed by atoms with E-state index in [0.29, 0.717) is 24.6 Å². The van der Waals surface area contributed by atoms with Crippen molar-refractivity contribution < 1.29 is 14.4 Å². The van der Waals surface area contributed by atoms with Crippen LogP contribution < -0.4 is 15.5 Å². The van der Waals surface area contributed by atoms with E-state index in [0.717, 1.165) is 42.6 Å². The lowest BCUT2D eigenvalue weighted by molar-refractivity contribution is -0.136. The summed E-state index contributed by atoms with van der Waals surface area (Å²) in [5, 5.41) is 5.28. The summed E-state index contributed by atoms with van der Waals surface area (Å²) in [6, 6.07) is 3.68. The summed E-state index contributed by atoms with van der Waals surface area (Å²) in [7, 11) is 0. The van der Waals surface area contributed by atoms with E-state index in [2.05, 4.69) is 24.5 Å². The van der Waals surface area contributed by atoms with Crippen LogP contribution in [0.25, 0.3) is 0 Å². The SMILES string of the molecule is CC(C)CCNC(=O)C(=O)Nc1cc2c3c(c1)CC(=O)N3CCC2. The second-order valence-corrected chi connectivity index (χ2v) is 6.86. The van der Waals surface area contributed by atoms with E-state index in [1.54, 1.807) is 6.07 Å². The molecule has 0 bridgehead atoms. The predicted octanol–water partition coefficient (Wildman–Crippen LogP) is 1.62. The molecule has 3 rings (SSSR count). The Balaban J connectivity index is 1.68. The van der Waals surface area contributed by atoms with Crippen LogP contribution in [0.15, 0.2) is 12.1 Å². The quantitative estimate of drug-likeness (QED) is 0.824. The van der Waals surface area contributed by atoms with Gasteiger partial charge in [-0.15, -0.1) is 0 Å². The minimum Gasteiger partial charge on any atom is -0.348 e. The van der Waals surface area contributed by atoms with Gasteiger partial charge in [0.15, 0.2) is 0 Å². The molecule has 0 fully saturated rings. The normalized spacial score (nSPS) is 15.5. The molecule has 0 aliphatic carbocycles. The lowest BCUT2D eigenvalue weighted by Gasteiger charge is -2.26. The van der Waals surface area contributed by atoms with E-state index in [1.807, 2.05) is 11.0 Å². The molecule has 128 valence electrons. The highest BCUT2D eigenvalue weighted by atomic mass is 16.2. The van der Waals surface area contributed by atoms with Gasteiger partial charge in [-0.3, -0.25) is 14.4 Å². The van der Waals surface area contributed by atoms with Gasteiger partial charge in [0.25, 0.3) is 0 Å². The minimum atomic E-state index is -0.664. The first kappa shape index (κ1) is 16.5. The van der Waals surface area contributed by atoms with Crippen molar-refractivity contribution in [2.75, 3.05) is 23.3 Å². The summed E-state index contributed by atoms with van der Waals surface area (Å²) in [6.07, 6.45) is 3.01. The smallest absolute Gasteiger partial charge is 0.313 e.